The first-order valence-corrected chi connectivity index (χ1v) is 41.0. The van der Waals surface area contributed by atoms with E-state index < -0.39 is 49.5 Å². The van der Waals surface area contributed by atoms with E-state index in [9.17, 15) is 30.3 Å². The van der Waals surface area contributed by atoms with Crippen LogP contribution >= 0.6 is 0 Å². The molecule has 546 valence electrons. The van der Waals surface area contributed by atoms with E-state index in [1.807, 2.05) is 6.08 Å². The second-order valence-corrected chi connectivity index (χ2v) is 28.5. The fourth-order valence-corrected chi connectivity index (χ4v) is 13.2. The molecule has 1 aliphatic heterocycles. The predicted molar refractivity (Wildman–Crippen MR) is 401 cm³/mol. The minimum atomic E-state index is -1.58. The van der Waals surface area contributed by atoms with Crippen LogP contribution in [0.2, 0.25) is 0 Å². The summed E-state index contributed by atoms with van der Waals surface area (Å²) in [6, 6.07) is -0.830. The van der Waals surface area contributed by atoms with Gasteiger partial charge in [0.2, 0.25) is 5.91 Å². The van der Waals surface area contributed by atoms with Crippen molar-refractivity contribution < 1.29 is 39.8 Å². The average molecular weight is 1310 g/mol. The van der Waals surface area contributed by atoms with Crippen molar-refractivity contribution in [3.63, 3.8) is 0 Å². The molecule has 7 unspecified atom stereocenters. The molecule has 7 atom stereocenters. The van der Waals surface area contributed by atoms with Gasteiger partial charge >= 0.3 is 0 Å². The molecule has 6 N–H and O–H groups in total. The van der Waals surface area contributed by atoms with E-state index in [2.05, 4.69) is 67.8 Å². The highest BCUT2D eigenvalue weighted by Gasteiger charge is 2.44. The number of hydrogen-bond donors (Lipinski definition) is 6. The van der Waals surface area contributed by atoms with Gasteiger partial charge in [0, 0.05) is 6.42 Å². The van der Waals surface area contributed by atoms with Gasteiger partial charge < -0.3 is 40.3 Å². The molecule has 1 saturated heterocycles. The minimum Gasteiger partial charge on any atom is -0.394 e. The molecule has 0 aromatic rings. The number of unbranched alkanes of at least 4 members (excludes halogenated alkanes) is 55. The van der Waals surface area contributed by atoms with Gasteiger partial charge in [0.05, 0.1) is 25.4 Å². The Labute approximate surface area is 576 Å². The number of ether oxygens (including phenoxy) is 2. The summed E-state index contributed by atoms with van der Waals surface area (Å²) < 4.78 is 11.3. The highest BCUT2D eigenvalue weighted by atomic mass is 16.7. The highest BCUT2D eigenvalue weighted by Crippen LogP contribution is 2.24. The fraction of sp³-hybridized carbons (Fsp3) is 0.869. The standard InChI is InChI=1S/C84H157NO8/c1-3-5-7-9-11-13-15-17-19-21-23-25-27-29-31-33-34-35-36-37-38-39-40-41-42-43-44-46-48-50-52-54-56-58-60-62-64-66-68-70-72-74-80(88)85-77(76-92-84-83(91)82(90)81(89)79(75-86)93-84)78(87)73-71-69-67-65-63-61-59-57-55-53-51-49-47-45-32-30-28-26-24-22-20-18-16-14-12-10-8-6-4-2/h15,17,21,23,55,57,63,65,71,73,77-79,81-84,86-87,89-91H,3-14,16,18-20,22,24-54,56,58-62,64,66-70,72,74-76H2,1-2H3,(H,85,88)/b17-15-,23-21-,57-55+,65-63+,73-71+. The first kappa shape index (κ1) is 88.9. The third kappa shape index (κ3) is 60.8. The molecule has 1 aliphatic rings. The summed E-state index contributed by atoms with van der Waals surface area (Å²) in [5.41, 5.74) is 0. The SMILES string of the molecule is CCCCCCC/C=C\C/C=C\CCCCCCCCCCCCCCCCCCCCCCCCCCCCCCCC(=O)NC(COC1OC(CO)C(O)C(O)C1O)C(O)/C=C/CC/C=C/CC/C=C/CCCCCCCCCCCCCCCCCCCCC. The summed E-state index contributed by atoms with van der Waals surface area (Å²) in [4.78, 5) is 13.2. The first-order valence-electron chi connectivity index (χ1n) is 41.0. The van der Waals surface area contributed by atoms with E-state index >= 15 is 0 Å². The van der Waals surface area contributed by atoms with Gasteiger partial charge in [0.1, 0.15) is 24.4 Å². The number of aliphatic hydroxyl groups excluding tert-OH is 5. The maximum absolute atomic E-state index is 13.2. The number of amides is 1. The van der Waals surface area contributed by atoms with Gasteiger partial charge in [-0.25, -0.2) is 0 Å². The summed E-state index contributed by atoms with van der Waals surface area (Å²) in [6.45, 7) is 3.80. The lowest BCUT2D eigenvalue weighted by molar-refractivity contribution is -0.302. The largest absolute Gasteiger partial charge is 0.394 e. The summed E-state index contributed by atoms with van der Waals surface area (Å²) in [5, 5.41) is 54.9. The van der Waals surface area contributed by atoms with Crippen LogP contribution in [0, 0.1) is 0 Å². The number of aliphatic hydroxyl groups is 5. The molecular formula is C84H157NO8. The van der Waals surface area contributed by atoms with Crippen LogP contribution in [0.15, 0.2) is 60.8 Å². The van der Waals surface area contributed by atoms with Crippen LogP contribution in [0.5, 0.6) is 0 Å². The Balaban J connectivity index is 2.06. The molecule has 1 heterocycles. The van der Waals surface area contributed by atoms with Crippen LogP contribution in [0.25, 0.3) is 0 Å². The normalized spacial score (nSPS) is 17.9. The van der Waals surface area contributed by atoms with Crippen LogP contribution in [-0.4, -0.2) is 87.5 Å². The van der Waals surface area contributed by atoms with Crippen LogP contribution in [0.3, 0.4) is 0 Å². The van der Waals surface area contributed by atoms with Crippen molar-refractivity contribution in [1.82, 2.24) is 5.32 Å². The zero-order valence-corrected chi connectivity index (χ0v) is 61.5. The zero-order chi connectivity index (χ0) is 67.1. The van der Waals surface area contributed by atoms with Crippen LogP contribution in [0.4, 0.5) is 0 Å². The molecule has 1 rings (SSSR count). The molecule has 1 fully saturated rings. The fourth-order valence-electron chi connectivity index (χ4n) is 13.2. The number of hydrogen-bond acceptors (Lipinski definition) is 8. The van der Waals surface area contributed by atoms with Gasteiger partial charge in [0.15, 0.2) is 6.29 Å². The highest BCUT2D eigenvalue weighted by molar-refractivity contribution is 5.76. The summed E-state index contributed by atoms with van der Waals surface area (Å²) in [7, 11) is 0. The van der Waals surface area contributed by atoms with Crippen LogP contribution < -0.4 is 5.32 Å². The Morgan fingerprint density at radius 1 is 0.366 bits per heavy atom. The van der Waals surface area contributed by atoms with Gasteiger partial charge in [-0.1, -0.05) is 389 Å². The molecule has 0 aromatic carbocycles. The van der Waals surface area contributed by atoms with Crippen molar-refractivity contribution in [3.05, 3.63) is 60.8 Å². The predicted octanol–water partition coefficient (Wildman–Crippen LogP) is 23.7. The molecule has 93 heavy (non-hydrogen) atoms. The molecule has 0 saturated carbocycles. The Morgan fingerprint density at radius 2 is 0.645 bits per heavy atom. The van der Waals surface area contributed by atoms with E-state index in [4.69, 9.17) is 9.47 Å². The smallest absolute Gasteiger partial charge is 0.220 e. The second-order valence-electron chi connectivity index (χ2n) is 28.5. The molecule has 0 bridgehead atoms. The van der Waals surface area contributed by atoms with E-state index in [0.29, 0.717) is 6.42 Å². The third-order valence-electron chi connectivity index (χ3n) is 19.5. The lowest BCUT2D eigenvalue weighted by Gasteiger charge is -2.40. The monoisotopic (exact) mass is 1310 g/mol. The topological polar surface area (TPSA) is 149 Å². The molecule has 9 nitrogen and oxygen atoms in total. The van der Waals surface area contributed by atoms with Gasteiger partial charge in [-0.05, 0) is 77.0 Å². The molecule has 0 aliphatic carbocycles. The number of carbonyl (C=O) groups is 1. The van der Waals surface area contributed by atoms with Gasteiger partial charge in [0.25, 0.3) is 0 Å². The number of carbonyl (C=O) groups excluding carboxylic acids is 1. The quantitative estimate of drug-likeness (QED) is 0.0261. The van der Waals surface area contributed by atoms with E-state index in [0.717, 1.165) is 51.4 Å². The van der Waals surface area contributed by atoms with E-state index in [-0.39, 0.29) is 12.5 Å². The lowest BCUT2D eigenvalue weighted by Crippen LogP contribution is -2.60. The van der Waals surface area contributed by atoms with Gasteiger partial charge in [-0.3, -0.25) is 4.79 Å². The molecule has 9 heteroatoms. The average Bonchev–Trinajstić information content (AvgIpc) is 1.00. The van der Waals surface area contributed by atoms with E-state index in [1.165, 1.54) is 340 Å². The first-order chi connectivity index (χ1) is 45.8. The van der Waals surface area contributed by atoms with Crippen molar-refractivity contribution in [2.24, 2.45) is 0 Å². The van der Waals surface area contributed by atoms with Crippen molar-refractivity contribution >= 4 is 5.91 Å². The Hall–Kier alpha value is -2.11. The Bertz CT molecular complexity index is 1660. The third-order valence-corrected chi connectivity index (χ3v) is 19.5. The Kier molecular flexibility index (Phi) is 69.4. The molecule has 0 aromatic heterocycles. The molecule has 1 amide bonds. The molecule has 0 spiro atoms. The number of rotatable bonds is 73. The maximum atomic E-state index is 13.2. The van der Waals surface area contributed by atoms with Crippen molar-refractivity contribution in [2.75, 3.05) is 13.2 Å². The molecular weight excluding hydrogens is 1150 g/mol. The lowest BCUT2D eigenvalue weighted by atomic mass is 9.99. The van der Waals surface area contributed by atoms with Crippen LogP contribution in [0.1, 0.15) is 412 Å². The summed E-state index contributed by atoms with van der Waals surface area (Å²) in [5.74, 6) is -0.183. The van der Waals surface area contributed by atoms with Crippen molar-refractivity contribution in [1.29, 1.82) is 0 Å². The second kappa shape index (κ2) is 72.6. The van der Waals surface area contributed by atoms with E-state index in [1.54, 1.807) is 6.08 Å². The Morgan fingerprint density at radius 3 is 0.968 bits per heavy atom. The van der Waals surface area contributed by atoms with Crippen LogP contribution in [-0.2, 0) is 14.3 Å². The molecule has 0 radical (unpaired) electrons. The maximum Gasteiger partial charge on any atom is 0.220 e. The summed E-state index contributed by atoms with van der Waals surface area (Å²) in [6.07, 6.45) is 95.3. The summed E-state index contributed by atoms with van der Waals surface area (Å²) >= 11 is 0. The van der Waals surface area contributed by atoms with Gasteiger partial charge in [-0.15, -0.1) is 0 Å². The number of nitrogens with one attached hydrogen (secondary N) is 1. The van der Waals surface area contributed by atoms with Gasteiger partial charge in [-0.2, -0.15) is 0 Å². The van der Waals surface area contributed by atoms with Crippen molar-refractivity contribution in [2.45, 2.75) is 455 Å². The van der Waals surface area contributed by atoms with Crippen molar-refractivity contribution in [3.8, 4) is 0 Å². The number of allylic oxidation sites excluding steroid dienone is 9. The minimum absolute atomic E-state index is 0.183. The zero-order valence-electron chi connectivity index (χ0n) is 61.5.